The van der Waals surface area contributed by atoms with E-state index in [2.05, 4.69) is 27.4 Å². The van der Waals surface area contributed by atoms with Crippen molar-refractivity contribution in [3.8, 4) is 0 Å². The number of hydrogen-bond donors (Lipinski definition) is 2. The zero-order valence-corrected chi connectivity index (χ0v) is 12.4. The summed E-state index contributed by atoms with van der Waals surface area (Å²) in [5.74, 6) is 0.583. The van der Waals surface area contributed by atoms with Gasteiger partial charge in [-0.3, -0.25) is 4.98 Å². The maximum absolute atomic E-state index is 5.88. The molecule has 3 N–H and O–H groups in total. The van der Waals surface area contributed by atoms with Crippen molar-refractivity contribution in [2.75, 3.05) is 5.32 Å². The van der Waals surface area contributed by atoms with Crippen molar-refractivity contribution in [2.24, 2.45) is 5.73 Å². The van der Waals surface area contributed by atoms with E-state index in [0.717, 1.165) is 35.3 Å². The monoisotopic (exact) mass is 287 g/mol. The van der Waals surface area contributed by atoms with Gasteiger partial charge in [-0.25, -0.2) is 0 Å². The second-order valence-corrected chi connectivity index (χ2v) is 4.73. The van der Waals surface area contributed by atoms with E-state index in [9.17, 15) is 0 Å². The van der Waals surface area contributed by atoms with E-state index in [-0.39, 0.29) is 0 Å². The van der Waals surface area contributed by atoms with Gasteiger partial charge >= 0.3 is 0 Å². The van der Waals surface area contributed by atoms with Gasteiger partial charge in [-0.15, -0.1) is 5.10 Å². The quantitative estimate of drug-likeness (QED) is 0.822. The molecule has 0 saturated carbocycles. The zero-order valence-electron chi connectivity index (χ0n) is 11.6. The van der Waals surface area contributed by atoms with Crippen LogP contribution < -0.4 is 11.1 Å². The van der Waals surface area contributed by atoms with Gasteiger partial charge in [0, 0.05) is 6.20 Å². The Hall–Kier alpha value is -2.08. The Balaban J connectivity index is 2.50. The molecular formula is C14H17N5S. The number of aromatic nitrogens is 3. The van der Waals surface area contributed by atoms with Crippen LogP contribution in [0.2, 0.25) is 0 Å². The van der Waals surface area contributed by atoms with E-state index in [1.807, 2.05) is 19.1 Å². The van der Waals surface area contributed by atoms with Crippen LogP contribution in [0.4, 0.5) is 11.5 Å². The molecule has 2 aromatic rings. The third-order valence-corrected chi connectivity index (χ3v) is 3.22. The fraction of sp³-hybridized carbons (Fsp3) is 0.286. The highest BCUT2D eigenvalue weighted by molar-refractivity contribution is 7.80. The Morgan fingerprint density at radius 3 is 2.65 bits per heavy atom. The minimum atomic E-state index is 0.331. The molecule has 0 aliphatic rings. The maximum Gasteiger partial charge on any atom is 0.163 e. The topological polar surface area (TPSA) is 76.7 Å². The van der Waals surface area contributed by atoms with Gasteiger partial charge in [-0.05, 0) is 30.5 Å². The van der Waals surface area contributed by atoms with Crippen molar-refractivity contribution < 1.29 is 0 Å². The second kappa shape index (κ2) is 6.38. The highest BCUT2D eigenvalue weighted by Crippen LogP contribution is 2.23. The molecule has 0 saturated heterocycles. The number of hydrogen-bond acceptors (Lipinski definition) is 5. The van der Waals surface area contributed by atoms with Crippen LogP contribution in [-0.4, -0.2) is 20.2 Å². The molecule has 0 aliphatic carbocycles. The van der Waals surface area contributed by atoms with Gasteiger partial charge in [0.05, 0.1) is 23.1 Å². The summed E-state index contributed by atoms with van der Waals surface area (Å²) in [6.07, 6.45) is 5.04. The molecule has 0 bridgehead atoms. The third-order valence-electron chi connectivity index (χ3n) is 3.02. The van der Waals surface area contributed by atoms with Gasteiger partial charge in [0.25, 0.3) is 0 Å². The molecule has 6 heteroatoms. The fourth-order valence-electron chi connectivity index (χ4n) is 2.10. The number of pyridine rings is 1. The van der Waals surface area contributed by atoms with Crippen molar-refractivity contribution in [2.45, 2.75) is 26.7 Å². The average molecular weight is 287 g/mol. The van der Waals surface area contributed by atoms with E-state index >= 15 is 0 Å². The maximum atomic E-state index is 5.88. The van der Waals surface area contributed by atoms with Crippen molar-refractivity contribution in [1.82, 2.24) is 15.2 Å². The van der Waals surface area contributed by atoms with E-state index < -0.39 is 0 Å². The number of thiocarbonyl (C=S) groups is 1. The Labute approximate surface area is 123 Å². The average Bonchev–Trinajstić information content (AvgIpc) is 2.47. The van der Waals surface area contributed by atoms with Gasteiger partial charge in [0.2, 0.25) is 0 Å². The highest BCUT2D eigenvalue weighted by Gasteiger charge is 2.16. The normalized spacial score (nSPS) is 10.3. The summed E-state index contributed by atoms with van der Waals surface area (Å²) in [7, 11) is 0. The van der Waals surface area contributed by atoms with Crippen LogP contribution in [0.25, 0.3) is 0 Å². The Kier molecular flexibility index (Phi) is 4.57. The number of nitrogens with one attached hydrogen (secondary N) is 1. The van der Waals surface area contributed by atoms with Crippen molar-refractivity contribution in [3.05, 3.63) is 41.3 Å². The molecule has 0 amide bonds. The molecular weight excluding hydrogens is 270 g/mol. The molecule has 0 aliphatic heterocycles. The Morgan fingerprint density at radius 2 is 2.10 bits per heavy atom. The summed E-state index contributed by atoms with van der Waals surface area (Å²) in [5.41, 5.74) is 9.47. The van der Waals surface area contributed by atoms with Crippen LogP contribution >= 0.6 is 12.2 Å². The van der Waals surface area contributed by atoms with Gasteiger partial charge in [-0.2, -0.15) is 5.10 Å². The van der Waals surface area contributed by atoms with Crippen LogP contribution in [0, 0.1) is 0 Å². The van der Waals surface area contributed by atoms with Crippen LogP contribution in [0.5, 0.6) is 0 Å². The molecule has 0 atom stereocenters. The molecule has 0 radical (unpaired) electrons. The highest BCUT2D eigenvalue weighted by atomic mass is 32.1. The molecule has 0 aromatic carbocycles. The Morgan fingerprint density at radius 1 is 1.30 bits per heavy atom. The first-order chi connectivity index (χ1) is 9.67. The molecule has 20 heavy (non-hydrogen) atoms. The van der Waals surface area contributed by atoms with Gasteiger partial charge in [-0.1, -0.05) is 26.1 Å². The minimum Gasteiger partial charge on any atom is -0.389 e. The molecule has 0 fully saturated rings. The SMILES string of the molecule is CCc1nnc(Nc2cccnc2)c(C(N)=S)c1CC. The van der Waals surface area contributed by atoms with Gasteiger partial charge in [0.1, 0.15) is 4.99 Å². The lowest BCUT2D eigenvalue weighted by molar-refractivity contribution is 0.879. The molecule has 0 spiro atoms. The van der Waals surface area contributed by atoms with Crippen LogP contribution in [0.15, 0.2) is 24.5 Å². The summed E-state index contributed by atoms with van der Waals surface area (Å²) >= 11 is 5.18. The summed E-state index contributed by atoms with van der Waals surface area (Å²) in [6.45, 7) is 4.10. The summed E-state index contributed by atoms with van der Waals surface area (Å²) < 4.78 is 0. The predicted octanol–water partition coefficient (Wildman–Crippen LogP) is 2.37. The first-order valence-electron chi connectivity index (χ1n) is 6.52. The minimum absolute atomic E-state index is 0.331. The number of nitrogens with zero attached hydrogens (tertiary/aromatic N) is 3. The molecule has 0 unspecified atom stereocenters. The molecule has 5 nitrogen and oxygen atoms in total. The van der Waals surface area contributed by atoms with Crippen LogP contribution in [0.1, 0.15) is 30.7 Å². The smallest absolute Gasteiger partial charge is 0.163 e. The lowest BCUT2D eigenvalue weighted by atomic mass is 10.0. The standard InChI is InChI=1S/C14H17N5S/c1-3-10-11(4-2)18-19-14(12(10)13(15)20)17-9-6-5-7-16-8-9/h5-8H,3-4H2,1-2H3,(H2,15,20)(H,17,19). The van der Waals surface area contributed by atoms with Gasteiger partial charge < -0.3 is 11.1 Å². The van der Waals surface area contributed by atoms with E-state index in [1.165, 1.54) is 0 Å². The molecule has 2 rings (SSSR count). The van der Waals surface area contributed by atoms with Gasteiger partial charge in [0.15, 0.2) is 5.82 Å². The summed E-state index contributed by atoms with van der Waals surface area (Å²) in [5, 5.41) is 11.7. The number of anilines is 2. The molecule has 104 valence electrons. The third kappa shape index (κ3) is 2.91. The van der Waals surface area contributed by atoms with Crippen LogP contribution in [0.3, 0.4) is 0 Å². The molecule has 2 heterocycles. The fourth-order valence-corrected chi connectivity index (χ4v) is 2.32. The number of aryl methyl sites for hydroxylation is 1. The van der Waals surface area contributed by atoms with Crippen molar-refractivity contribution in [3.63, 3.8) is 0 Å². The van der Waals surface area contributed by atoms with E-state index in [0.29, 0.717) is 10.8 Å². The lowest BCUT2D eigenvalue weighted by Crippen LogP contribution is -2.18. The molecule has 2 aromatic heterocycles. The van der Waals surface area contributed by atoms with Crippen LogP contribution in [-0.2, 0) is 12.8 Å². The second-order valence-electron chi connectivity index (χ2n) is 4.29. The number of nitrogens with two attached hydrogens (primary N) is 1. The lowest BCUT2D eigenvalue weighted by Gasteiger charge is -2.15. The number of rotatable bonds is 5. The van der Waals surface area contributed by atoms with Crippen molar-refractivity contribution in [1.29, 1.82) is 0 Å². The summed E-state index contributed by atoms with van der Waals surface area (Å²) in [4.78, 5) is 4.39. The first kappa shape index (κ1) is 14.3. The largest absolute Gasteiger partial charge is 0.389 e. The Bertz CT molecular complexity index is 612. The van der Waals surface area contributed by atoms with E-state index in [1.54, 1.807) is 12.4 Å². The van der Waals surface area contributed by atoms with Crippen molar-refractivity contribution >= 4 is 28.7 Å². The predicted molar refractivity (Wildman–Crippen MR) is 84.2 cm³/mol. The summed E-state index contributed by atoms with van der Waals surface area (Å²) in [6, 6.07) is 3.74. The van der Waals surface area contributed by atoms with E-state index in [4.69, 9.17) is 18.0 Å². The zero-order chi connectivity index (χ0) is 14.5. The first-order valence-corrected chi connectivity index (χ1v) is 6.93.